The Kier molecular flexibility index (Phi) is 3.04. The molecule has 0 aromatic rings. The van der Waals surface area contributed by atoms with Gasteiger partial charge in [0.05, 0.1) is 7.11 Å². The van der Waals surface area contributed by atoms with E-state index >= 15 is 0 Å². The van der Waals surface area contributed by atoms with Crippen LogP contribution in [0.1, 0.15) is 0 Å². The van der Waals surface area contributed by atoms with Crippen LogP contribution in [0.25, 0.3) is 0 Å². The van der Waals surface area contributed by atoms with E-state index in [4.69, 9.17) is 0 Å². The zero-order valence-electron chi connectivity index (χ0n) is 4.71. The van der Waals surface area contributed by atoms with Gasteiger partial charge in [-0.05, 0) is 0 Å². The molecule has 5 heteroatoms. The molecule has 0 bridgehead atoms. The molecule has 0 aromatic heterocycles. The Bertz CT molecular complexity index is 142. The van der Waals surface area contributed by atoms with E-state index in [1.807, 2.05) is 0 Å². The van der Waals surface area contributed by atoms with Crippen molar-refractivity contribution in [3.8, 4) is 0 Å². The van der Waals surface area contributed by atoms with Gasteiger partial charge in [0.25, 0.3) is 0 Å². The highest BCUT2D eigenvalue weighted by atomic mass is 16.5. The average molecular weight is 131 g/mol. The normalized spacial score (nSPS) is 7.67. The van der Waals surface area contributed by atoms with Crippen molar-refractivity contribution in [3.05, 3.63) is 0 Å². The molecule has 9 heavy (non-hydrogen) atoms. The maximum Gasteiger partial charge on any atom is 0.396 e. The van der Waals surface area contributed by atoms with Crippen LogP contribution in [0.5, 0.6) is 0 Å². The van der Waals surface area contributed by atoms with Gasteiger partial charge in [0, 0.05) is 0 Å². The number of nitrogens with one attached hydrogen (secondary N) is 1. The van der Waals surface area contributed by atoms with Crippen molar-refractivity contribution in [1.82, 2.24) is 5.32 Å². The fourth-order valence-corrected chi connectivity index (χ4v) is 0.205. The molecule has 2 amide bonds. The van der Waals surface area contributed by atoms with Gasteiger partial charge in [-0.1, -0.05) is 0 Å². The Hall–Kier alpha value is -1.39. The predicted octanol–water partition coefficient (Wildman–Crippen LogP) is -1.57. The van der Waals surface area contributed by atoms with Crippen molar-refractivity contribution < 1.29 is 19.1 Å². The quantitative estimate of drug-likeness (QED) is 0.265. The second-order valence-electron chi connectivity index (χ2n) is 1.08. The van der Waals surface area contributed by atoms with E-state index in [0.29, 0.717) is 0 Å². The highest BCUT2D eigenvalue weighted by Crippen LogP contribution is 1.69. The zero-order chi connectivity index (χ0) is 7.28. The molecule has 0 spiro atoms. The minimum atomic E-state index is -1.08. The molecule has 0 saturated carbocycles. The van der Waals surface area contributed by atoms with Crippen molar-refractivity contribution in [3.63, 3.8) is 0 Å². The molecule has 0 heterocycles. The summed E-state index contributed by atoms with van der Waals surface area (Å²) in [6.07, 6.45) is 0.110. The maximum absolute atomic E-state index is 10.2. The number of carbonyl (C=O) groups is 3. The Morgan fingerprint density at radius 3 is 2.44 bits per heavy atom. The Labute approximate surface area is 51.0 Å². The first-order valence-electron chi connectivity index (χ1n) is 2.04. The van der Waals surface area contributed by atoms with E-state index in [0.717, 1.165) is 7.11 Å². The third kappa shape index (κ3) is 2.43. The van der Waals surface area contributed by atoms with Crippen molar-refractivity contribution >= 4 is 18.3 Å². The summed E-state index contributed by atoms with van der Waals surface area (Å²) in [5, 5.41) is 1.60. The van der Waals surface area contributed by atoms with Gasteiger partial charge in [-0.15, -0.1) is 0 Å². The van der Waals surface area contributed by atoms with Crippen molar-refractivity contribution in [1.29, 1.82) is 0 Å². The van der Waals surface area contributed by atoms with Crippen LogP contribution in [-0.2, 0) is 19.1 Å². The molecule has 0 aromatic carbocycles. The SMILES string of the molecule is COC(=O)C(=O)NC=O. The average Bonchev–Trinajstić information content (AvgIpc) is 1.87. The molecule has 0 atom stereocenters. The van der Waals surface area contributed by atoms with Crippen molar-refractivity contribution in [2.75, 3.05) is 7.11 Å². The molecular weight excluding hydrogens is 126 g/mol. The lowest BCUT2D eigenvalue weighted by Gasteiger charge is -1.92. The van der Waals surface area contributed by atoms with Crippen LogP contribution >= 0.6 is 0 Å². The summed E-state index contributed by atoms with van der Waals surface area (Å²) in [7, 11) is 1.05. The van der Waals surface area contributed by atoms with Crippen LogP contribution in [0.15, 0.2) is 0 Å². The van der Waals surface area contributed by atoms with Crippen LogP contribution in [0.4, 0.5) is 0 Å². The first-order chi connectivity index (χ1) is 4.22. The van der Waals surface area contributed by atoms with E-state index in [9.17, 15) is 14.4 Å². The molecule has 50 valence electrons. The van der Waals surface area contributed by atoms with Crippen LogP contribution < -0.4 is 5.32 Å². The summed E-state index contributed by atoms with van der Waals surface area (Å²) in [4.78, 5) is 29.8. The molecule has 0 unspecified atom stereocenters. The third-order valence-corrected chi connectivity index (χ3v) is 0.561. The van der Waals surface area contributed by atoms with Gasteiger partial charge < -0.3 is 4.74 Å². The Balaban J connectivity index is 3.73. The standard InChI is InChI=1S/C4H5NO4/c1-9-4(8)3(7)5-2-6/h2H,1H3,(H,5,6,7). The summed E-state index contributed by atoms with van der Waals surface area (Å²) in [5.41, 5.74) is 0. The zero-order valence-corrected chi connectivity index (χ0v) is 4.71. The second kappa shape index (κ2) is 3.59. The summed E-state index contributed by atoms with van der Waals surface area (Å²) in [6, 6.07) is 0. The number of carbonyl (C=O) groups excluding carboxylic acids is 3. The maximum atomic E-state index is 10.2. The number of esters is 1. The summed E-state index contributed by atoms with van der Waals surface area (Å²) < 4.78 is 3.95. The van der Waals surface area contributed by atoms with Crippen molar-refractivity contribution in [2.24, 2.45) is 0 Å². The van der Waals surface area contributed by atoms with E-state index in [2.05, 4.69) is 4.74 Å². The highest BCUT2D eigenvalue weighted by Gasteiger charge is 2.10. The van der Waals surface area contributed by atoms with Gasteiger partial charge in [-0.25, -0.2) is 4.79 Å². The molecule has 0 aliphatic heterocycles. The van der Waals surface area contributed by atoms with Crippen LogP contribution in [-0.4, -0.2) is 25.4 Å². The predicted molar refractivity (Wildman–Crippen MR) is 26.2 cm³/mol. The Morgan fingerprint density at radius 2 is 2.11 bits per heavy atom. The minimum Gasteiger partial charge on any atom is -0.462 e. The largest absolute Gasteiger partial charge is 0.462 e. The van der Waals surface area contributed by atoms with Crippen LogP contribution in [0.3, 0.4) is 0 Å². The molecule has 0 fully saturated rings. The topological polar surface area (TPSA) is 72.5 Å². The fourth-order valence-electron chi connectivity index (χ4n) is 0.205. The van der Waals surface area contributed by atoms with Gasteiger partial charge in [0.2, 0.25) is 6.41 Å². The highest BCUT2D eigenvalue weighted by molar-refractivity contribution is 6.34. The van der Waals surface area contributed by atoms with Gasteiger partial charge in [-0.3, -0.25) is 14.9 Å². The fraction of sp³-hybridized carbons (Fsp3) is 0.250. The molecule has 5 nitrogen and oxygen atoms in total. The van der Waals surface area contributed by atoms with Crippen molar-refractivity contribution in [2.45, 2.75) is 0 Å². The molecule has 0 rings (SSSR count). The lowest BCUT2D eigenvalue weighted by Crippen LogP contribution is -2.30. The van der Waals surface area contributed by atoms with E-state index in [1.54, 1.807) is 5.32 Å². The molecular formula is C4H5NO4. The summed E-state index contributed by atoms with van der Waals surface area (Å²) >= 11 is 0. The van der Waals surface area contributed by atoms with Gasteiger partial charge in [0.1, 0.15) is 0 Å². The number of methoxy groups -OCH3 is 1. The Morgan fingerprint density at radius 1 is 1.56 bits per heavy atom. The molecule has 0 aliphatic carbocycles. The monoisotopic (exact) mass is 131 g/mol. The molecule has 0 saturated heterocycles. The number of ether oxygens (including phenoxy) is 1. The van der Waals surface area contributed by atoms with Gasteiger partial charge >= 0.3 is 11.9 Å². The van der Waals surface area contributed by atoms with Gasteiger partial charge in [0.15, 0.2) is 0 Å². The first kappa shape index (κ1) is 7.61. The molecule has 0 aliphatic rings. The lowest BCUT2D eigenvalue weighted by molar-refractivity contribution is -0.153. The second-order valence-corrected chi connectivity index (χ2v) is 1.08. The van der Waals surface area contributed by atoms with E-state index in [1.165, 1.54) is 0 Å². The molecule has 1 N–H and O–H groups in total. The van der Waals surface area contributed by atoms with Gasteiger partial charge in [-0.2, -0.15) is 0 Å². The number of hydrogen-bond acceptors (Lipinski definition) is 4. The molecule has 0 radical (unpaired) electrons. The van der Waals surface area contributed by atoms with E-state index in [-0.39, 0.29) is 6.41 Å². The first-order valence-corrected chi connectivity index (χ1v) is 2.04. The number of imide groups is 1. The smallest absolute Gasteiger partial charge is 0.396 e. The lowest BCUT2D eigenvalue weighted by atomic mass is 10.6. The number of amides is 2. The van der Waals surface area contributed by atoms with E-state index < -0.39 is 11.9 Å². The van der Waals surface area contributed by atoms with Crippen LogP contribution in [0, 0.1) is 0 Å². The number of hydrogen-bond donors (Lipinski definition) is 1. The summed E-state index contributed by atoms with van der Waals surface area (Å²) in [5.74, 6) is -2.14. The minimum absolute atomic E-state index is 0.110. The number of rotatable bonds is 1. The summed E-state index contributed by atoms with van der Waals surface area (Å²) in [6.45, 7) is 0. The third-order valence-electron chi connectivity index (χ3n) is 0.561. The van der Waals surface area contributed by atoms with Crippen LogP contribution in [0.2, 0.25) is 0 Å².